The number of aryl methyl sites for hydroxylation is 1. The van der Waals surface area contributed by atoms with Crippen LogP contribution in [0.25, 0.3) is 0 Å². The van der Waals surface area contributed by atoms with E-state index in [0.717, 1.165) is 12.8 Å². The van der Waals surface area contributed by atoms with Crippen LogP contribution < -0.4 is 11.1 Å². The number of carbonyl (C=O) groups excluding carboxylic acids is 1. The van der Waals surface area contributed by atoms with Crippen LogP contribution in [0.15, 0.2) is 12.3 Å². The number of halogens is 1. The molecule has 0 saturated carbocycles. The fourth-order valence-corrected chi connectivity index (χ4v) is 1.68. The predicted octanol–water partition coefficient (Wildman–Crippen LogP) is 1.55. The van der Waals surface area contributed by atoms with Crippen LogP contribution in [0.1, 0.15) is 26.7 Å². The molecular formula is C11H21ClN4O. The number of hydrogen-bond acceptors (Lipinski definition) is 3. The first-order valence-electron chi connectivity index (χ1n) is 5.59. The SMILES string of the molecule is CCC(CC)(CN)C(=O)Nc1ccn(C)n1.Cl. The van der Waals surface area contributed by atoms with Crippen molar-refractivity contribution in [2.45, 2.75) is 26.7 Å². The Kier molecular flexibility index (Phi) is 6.20. The molecule has 98 valence electrons. The molecule has 0 unspecified atom stereocenters. The van der Waals surface area contributed by atoms with Crippen molar-refractivity contribution < 1.29 is 4.79 Å². The Hall–Kier alpha value is -1.07. The highest BCUT2D eigenvalue weighted by atomic mass is 35.5. The average Bonchev–Trinajstić information content (AvgIpc) is 2.67. The summed E-state index contributed by atoms with van der Waals surface area (Å²) in [5.41, 5.74) is 5.23. The molecule has 5 nitrogen and oxygen atoms in total. The minimum absolute atomic E-state index is 0. The normalized spacial score (nSPS) is 10.8. The van der Waals surface area contributed by atoms with Gasteiger partial charge in [-0.05, 0) is 12.8 Å². The predicted molar refractivity (Wildman–Crippen MR) is 71.2 cm³/mol. The molecule has 6 heteroatoms. The quantitative estimate of drug-likeness (QED) is 0.844. The van der Waals surface area contributed by atoms with Crippen LogP contribution in [-0.4, -0.2) is 22.2 Å². The van der Waals surface area contributed by atoms with Crippen molar-refractivity contribution in [2.24, 2.45) is 18.2 Å². The summed E-state index contributed by atoms with van der Waals surface area (Å²) >= 11 is 0. The van der Waals surface area contributed by atoms with Crippen molar-refractivity contribution in [3.05, 3.63) is 12.3 Å². The number of aromatic nitrogens is 2. The Morgan fingerprint density at radius 3 is 2.47 bits per heavy atom. The Bertz CT molecular complexity index is 352. The molecule has 0 spiro atoms. The van der Waals surface area contributed by atoms with Crippen LogP contribution in [0.4, 0.5) is 5.82 Å². The number of nitrogens with zero attached hydrogens (tertiary/aromatic N) is 2. The molecule has 0 atom stereocenters. The maximum Gasteiger partial charge on any atom is 0.233 e. The first kappa shape index (κ1) is 15.9. The monoisotopic (exact) mass is 260 g/mol. The third-order valence-electron chi connectivity index (χ3n) is 3.18. The highest BCUT2D eigenvalue weighted by molar-refractivity contribution is 5.94. The second kappa shape index (κ2) is 6.61. The number of hydrogen-bond donors (Lipinski definition) is 2. The van der Waals surface area contributed by atoms with Crippen LogP contribution in [0.3, 0.4) is 0 Å². The van der Waals surface area contributed by atoms with Crippen LogP contribution in [0.2, 0.25) is 0 Å². The van der Waals surface area contributed by atoms with Crippen molar-refractivity contribution >= 4 is 24.1 Å². The van der Waals surface area contributed by atoms with Crippen LogP contribution in [0, 0.1) is 5.41 Å². The van der Waals surface area contributed by atoms with Gasteiger partial charge in [-0.15, -0.1) is 12.4 Å². The Morgan fingerprint density at radius 1 is 1.53 bits per heavy atom. The fourth-order valence-electron chi connectivity index (χ4n) is 1.68. The van der Waals surface area contributed by atoms with Gasteiger partial charge in [0.25, 0.3) is 0 Å². The maximum atomic E-state index is 12.1. The summed E-state index contributed by atoms with van der Waals surface area (Å²) in [6.07, 6.45) is 3.26. The highest BCUT2D eigenvalue weighted by Gasteiger charge is 2.33. The number of nitrogens with two attached hydrogens (primary N) is 1. The third-order valence-corrected chi connectivity index (χ3v) is 3.18. The van der Waals surface area contributed by atoms with E-state index >= 15 is 0 Å². The van der Waals surface area contributed by atoms with Gasteiger partial charge in [0.2, 0.25) is 5.91 Å². The lowest BCUT2D eigenvalue weighted by Gasteiger charge is -2.27. The second-order valence-corrected chi connectivity index (χ2v) is 4.02. The molecule has 0 saturated heterocycles. The molecule has 3 N–H and O–H groups in total. The first-order valence-corrected chi connectivity index (χ1v) is 5.59. The number of anilines is 1. The van der Waals surface area contributed by atoms with E-state index in [1.54, 1.807) is 16.9 Å². The lowest BCUT2D eigenvalue weighted by Crippen LogP contribution is -2.41. The standard InChI is InChI=1S/C11H20N4O.ClH/c1-4-11(5-2,8-12)10(16)13-9-6-7-15(3)14-9;/h6-7H,4-5,8,12H2,1-3H3,(H,13,14,16);1H. The minimum Gasteiger partial charge on any atom is -0.329 e. The Balaban J connectivity index is 0.00000256. The van der Waals surface area contributed by atoms with E-state index in [2.05, 4.69) is 10.4 Å². The van der Waals surface area contributed by atoms with E-state index in [1.807, 2.05) is 20.9 Å². The average molecular weight is 261 g/mol. The highest BCUT2D eigenvalue weighted by Crippen LogP contribution is 2.26. The Morgan fingerprint density at radius 2 is 2.12 bits per heavy atom. The van der Waals surface area contributed by atoms with Gasteiger partial charge in [-0.3, -0.25) is 9.48 Å². The van der Waals surface area contributed by atoms with Gasteiger partial charge >= 0.3 is 0 Å². The van der Waals surface area contributed by atoms with Crippen LogP contribution >= 0.6 is 12.4 Å². The molecule has 1 aromatic heterocycles. The van der Waals surface area contributed by atoms with E-state index in [-0.39, 0.29) is 18.3 Å². The van der Waals surface area contributed by atoms with Gasteiger partial charge in [-0.2, -0.15) is 5.10 Å². The van der Waals surface area contributed by atoms with E-state index in [1.165, 1.54) is 0 Å². The summed E-state index contributed by atoms with van der Waals surface area (Å²) in [5.74, 6) is 0.533. The van der Waals surface area contributed by atoms with Gasteiger partial charge < -0.3 is 11.1 Å². The summed E-state index contributed by atoms with van der Waals surface area (Å²) in [6, 6.07) is 1.77. The summed E-state index contributed by atoms with van der Waals surface area (Å²) in [6.45, 7) is 4.32. The Labute approximate surface area is 108 Å². The van der Waals surface area contributed by atoms with E-state index < -0.39 is 5.41 Å². The maximum absolute atomic E-state index is 12.1. The van der Waals surface area contributed by atoms with Crippen molar-refractivity contribution in [1.82, 2.24) is 9.78 Å². The molecule has 1 aromatic rings. The van der Waals surface area contributed by atoms with Gasteiger partial charge in [0.1, 0.15) is 0 Å². The zero-order chi connectivity index (χ0) is 12.2. The summed E-state index contributed by atoms with van der Waals surface area (Å²) < 4.78 is 1.65. The smallest absolute Gasteiger partial charge is 0.233 e. The van der Waals surface area contributed by atoms with Crippen LogP contribution in [0.5, 0.6) is 0 Å². The second-order valence-electron chi connectivity index (χ2n) is 4.02. The van der Waals surface area contributed by atoms with Gasteiger partial charge in [0, 0.05) is 25.9 Å². The number of rotatable bonds is 5. The van der Waals surface area contributed by atoms with E-state index in [4.69, 9.17) is 5.73 Å². The molecule has 0 aliphatic carbocycles. The zero-order valence-corrected chi connectivity index (χ0v) is 11.4. The molecule has 0 radical (unpaired) electrons. The summed E-state index contributed by atoms with van der Waals surface area (Å²) in [5, 5.41) is 6.92. The lowest BCUT2D eigenvalue weighted by molar-refractivity contribution is -0.125. The first-order chi connectivity index (χ1) is 7.57. The summed E-state index contributed by atoms with van der Waals surface area (Å²) in [4.78, 5) is 12.1. The zero-order valence-electron chi connectivity index (χ0n) is 10.6. The number of carbonyl (C=O) groups is 1. The molecule has 0 aromatic carbocycles. The van der Waals surface area contributed by atoms with E-state index in [9.17, 15) is 4.79 Å². The molecule has 0 aliphatic rings. The largest absolute Gasteiger partial charge is 0.329 e. The molecule has 1 rings (SSSR count). The molecule has 0 fully saturated rings. The molecule has 1 heterocycles. The van der Waals surface area contributed by atoms with E-state index in [0.29, 0.717) is 12.4 Å². The van der Waals surface area contributed by atoms with Gasteiger partial charge in [0.15, 0.2) is 5.82 Å². The van der Waals surface area contributed by atoms with Gasteiger partial charge in [-0.25, -0.2) is 0 Å². The number of amides is 1. The van der Waals surface area contributed by atoms with Crippen molar-refractivity contribution in [3.8, 4) is 0 Å². The van der Waals surface area contributed by atoms with Gasteiger partial charge in [-0.1, -0.05) is 13.8 Å². The lowest BCUT2D eigenvalue weighted by atomic mass is 9.81. The van der Waals surface area contributed by atoms with Crippen molar-refractivity contribution in [1.29, 1.82) is 0 Å². The van der Waals surface area contributed by atoms with Crippen molar-refractivity contribution in [3.63, 3.8) is 0 Å². The van der Waals surface area contributed by atoms with Crippen LogP contribution in [-0.2, 0) is 11.8 Å². The molecular weight excluding hydrogens is 240 g/mol. The molecule has 0 bridgehead atoms. The summed E-state index contributed by atoms with van der Waals surface area (Å²) in [7, 11) is 1.81. The minimum atomic E-state index is -0.475. The molecule has 1 amide bonds. The third kappa shape index (κ3) is 3.44. The fraction of sp³-hybridized carbons (Fsp3) is 0.636. The topological polar surface area (TPSA) is 72.9 Å². The molecule has 0 aliphatic heterocycles. The number of nitrogens with one attached hydrogen (secondary N) is 1. The van der Waals surface area contributed by atoms with Crippen molar-refractivity contribution in [2.75, 3.05) is 11.9 Å². The van der Waals surface area contributed by atoms with Gasteiger partial charge in [0.05, 0.1) is 5.41 Å². The molecule has 17 heavy (non-hydrogen) atoms.